The van der Waals surface area contributed by atoms with Crippen molar-refractivity contribution in [2.24, 2.45) is 0 Å². The van der Waals surface area contributed by atoms with Gasteiger partial charge in [-0.25, -0.2) is 0 Å². The predicted octanol–water partition coefficient (Wildman–Crippen LogP) is 4.89. The Balaban J connectivity index is 1.61. The van der Waals surface area contributed by atoms with E-state index in [0.29, 0.717) is 31.9 Å². The zero-order valence-electron chi connectivity index (χ0n) is 21.7. The Kier molecular flexibility index (Phi) is 9.10. The fourth-order valence-corrected chi connectivity index (χ4v) is 5.37. The van der Waals surface area contributed by atoms with Crippen LogP contribution in [0.4, 0.5) is 5.69 Å². The first-order chi connectivity index (χ1) is 16.8. The molecule has 1 aromatic carbocycles. The van der Waals surface area contributed by atoms with Gasteiger partial charge >= 0.3 is 5.97 Å². The number of aromatic amines is 1. The van der Waals surface area contributed by atoms with Crippen molar-refractivity contribution in [1.29, 1.82) is 0 Å². The predicted molar refractivity (Wildman–Crippen MR) is 139 cm³/mol. The van der Waals surface area contributed by atoms with Crippen LogP contribution in [0.2, 0.25) is 0 Å². The Morgan fingerprint density at radius 1 is 1.17 bits per heavy atom. The van der Waals surface area contributed by atoms with Crippen LogP contribution in [0.1, 0.15) is 70.6 Å². The topological polar surface area (TPSA) is 87.8 Å². The maximum Gasteiger partial charge on any atom is 0.322 e. The zero-order chi connectivity index (χ0) is 25.6. The molecule has 1 aromatic heterocycles. The van der Waals surface area contributed by atoms with E-state index in [1.54, 1.807) is 0 Å². The summed E-state index contributed by atoms with van der Waals surface area (Å²) in [6.07, 6.45) is 2.45. The van der Waals surface area contributed by atoms with Crippen LogP contribution in [0.15, 0.2) is 29.2 Å². The van der Waals surface area contributed by atoms with Crippen molar-refractivity contribution in [3.05, 3.63) is 35.7 Å². The minimum Gasteiger partial charge on any atom is -0.492 e. The van der Waals surface area contributed by atoms with Gasteiger partial charge in [-0.15, -0.1) is 11.8 Å². The van der Waals surface area contributed by atoms with Crippen molar-refractivity contribution in [3.8, 4) is 5.75 Å². The minimum absolute atomic E-state index is 0.0658. The zero-order valence-corrected chi connectivity index (χ0v) is 22.5. The first-order valence-electron chi connectivity index (χ1n) is 12.5. The fourth-order valence-electron chi connectivity index (χ4n) is 4.29. The van der Waals surface area contributed by atoms with E-state index in [4.69, 9.17) is 9.47 Å². The van der Waals surface area contributed by atoms with Crippen LogP contribution < -0.4 is 9.64 Å². The van der Waals surface area contributed by atoms with E-state index in [1.807, 2.05) is 56.9 Å². The molecule has 2 aromatic rings. The second kappa shape index (κ2) is 11.8. The molecule has 2 heterocycles. The molecule has 0 saturated carbocycles. The van der Waals surface area contributed by atoms with Gasteiger partial charge in [-0.05, 0) is 64.8 Å². The normalized spacial score (nSPS) is 17.2. The number of aromatic nitrogens is 2. The number of esters is 1. The first-order valence-corrected chi connectivity index (χ1v) is 13.3. The lowest BCUT2D eigenvalue weighted by atomic mass is 10.1. The lowest BCUT2D eigenvalue weighted by molar-refractivity contribution is -0.145. The molecule has 1 aliphatic rings. The molecule has 1 N–H and O–H groups in total. The summed E-state index contributed by atoms with van der Waals surface area (Å²) in [6.45, 7) is 14.0. The Morgan fingerprint density at radius 3 is 2.49 bits per heavy atom. The van der Waals surface area contributed by atoms with E-state index in [1.165, 1.54) is 11.8 Å². The quantitative estimate of drug-likeness (QED) is 0.326. The number of aryl methyl sites for hydroxylation is 1. The number of fused-ring (bicyclic) bond motifs is 1. The third kappa shape index (κ3) is 5.77. The number of nitrogens with zero attached hydrogens (tertiary/aromatic N) is 3. The van der Waals surface area contributed by atoms with Gasteiger partial charge < -0.3 is 19.3 Å². The second-order valence-electron chi connectivity index (χ2n) is 8.79. The third-order valence-electron chi connectivity index (χ3n) is 6.46. The molecule has 0 aliphatic carbocycles. The van der Waals surface area contributed by atoms with Crippen molar-refractivity contribution < 1.29 is 19.1 Å². The molecule has 2 unspecified atom stereocenters. The number of hydrogen-bond acceptors (Lipinski definition) is 7. The van der Waals surface area contributed by atoms with Gasteiger partial charge in [-0.3, -0.25) is 14.7 Å². The number of carbonyl (C=O) groups is 2. The lowest BCUT2D eigenvalue weighted by Gasteiger charge is -2.42. The Labute approximate surface area is 212 Å². The van der Waals surface area contributed by atoms with Crippen LogP contribution in [0, 0.1) is 0 Å². The monoisotopic (exact) mass is 502 g/mol. The van der Waals surface area contributed by atoms with Gasteiger partial charge in [0.25, 0.3) is 5.91 Å². The molecule has 0 bridgehead atoms. The molecule has 2 atom stereocenters. The highest BCUT2D eigenvalue weighted by molar-refractivity contribution is 8.01. The lowest BCUT2D eigenvalue weighted by Crippen LogP contribution is -2.54. The Hall–Kier alpha value is -2.68. The summed E-state index contributed by atoms with van der Waals surface area (Å²) >= 11 is 1.50. The molecule has 1 aliphatic heterocycles. The molecule has 3 rings (SSSR count). The number of rotatable bonds is 12. The average Bonchev–Trinajstić information content (AvgIpc) is 3.26. The molecule has 0 radical (unpaired) electrons. The molecule has 0 saturated heterocycles. The second-order valence-corrected chi connectivity index (χ2v) is 10.4. The first kappa shape index (κ1) is 26.9. The number of benzene rings is 1. The van der Waals surface area contributed by atoms with Gasteiger partial charge in [0.05, 0.1) is 24.5 Å². The standard InChI is InChI=1S/C26H38N4O4S/c1-7-11-21-23-22(28-27-21)24(31)30(18(5)29(23)9-3)16-17-34-19-12-14-20(15-13-19)35-26(6,8-2)25(32)33-10-4/h12-15,18H,7-11,16-17H2,1-6H3,(H,27,28). The van der Waals surface area contributed by atoms with Gasteiger partial charge in [0.15, 0.2) is 5.69 Å². The van der Waals surface area contributed by atoms with Crippen LogP contribution in [0.25, 0.3) is 0 Å². The van der Waals surface area contributed by atoms with Crippen molar-refractivity contribution in [2.75, 3.05) is 31.2 Å². The van der Waals surface area contributed by atoms with Crippen molar-refractivity contribution in [2.45, 2.75) is 76.6 Å². The third-order valence-corrected chi connectivity index (χ3v) is 7.87. The van der Waals surface area contributed by atoms with E-state index in [9.17, 15) is 9.59 Å². The fraction of sp³-hybridized carbons (Fsp3) is 0.577. The maximum absolute atomic E-state index is 13.2. The van der Waals surface area contributed by atoms with Gasteiger partial charge in [-0.2, -0.15) is 5.10 Å². The van der Waals surface area contributed by atoms with E-state index < -0.39 is 4.75 Å². The Bertz CT molecular complexity index is 1010. The number of amides is 1. The molecular formula is C26H38N4O4S. The van der Waals surface area contributed by atoms with Crippen molar-refractivity contribution in [3.63, 3.8) is 0 Å². The van der Waals surface area contributed by atoms with Gasteiger partial charge in [0.2, 0.25) is 0 Å². The number of H-pyrrole nitrogens is 1. The van der Waals surface area contributed by atoms with Crippen LogP contribution in [0.5, 0.6) is 5.75 Å². The molecule has 0 fully saturated rings. The van der Waals surface area contributed by atoms with Crippen LogP contribution in [-0.4, -0.2) is 64.2 Å². The number of ether oxygens (including phenoxy) is 2. The number of carbonyl (C=O) groups excluding carboxylic acids is 2. The number of hydrogen-bond donors (Lipinski definition) is 1. The van der Waals surface area contributed by atoms with Crippen LogP contribution >= 0.6 is 11.8 Å². The molecule has 0 spiro atoms. The Morgan fingerprint density at radius 2 is 1.89 bits per heavy atom. The highest BCUT2D eigenvalue weighted by Gasteiger charge is 2.38. The summed E-state index contributed by atoms with van der Waals surface area (Å²) in [4.78, 5) is 30.6. The van der Waals surface area contributed by atoms with Gasteiger partial charge in [0.1, 0.15) is 23.3 Å². The molecule has 192 valence electrons. The van der Waals surface area contributed by atoms with Gasteiger partial charge in [0, 0.05) is 11.4 Å². The minimum atomic E-state index is -0.629. The molecule has 8 nitrogen and oxygen atoms in total. The molecule has 9 heteroatoms. The molecule has 1 amide bonds. The smallest absolute Gasteiger partial charge is 0.322 e. The number of anilines is 1. The SMILES string of the molecule is CCCc1[nH]nc2c1N(CC)C(C)N(CCOc1ccc(SC(C)(CC)C(=O)OCC)cc1)C2=O. The van der Waals surface area contributed by atoms with Crippen molar-refractivity contribution in [1.82, 2.24) is 15.1 Å². The van der Waals surface area contributed by atoms with Crippen molar-refractivity contribution >= 4 is 29.3 Å². The van der Waals surface area contributed by atoms with E-state index in [-0.39, 0.29) is 18.0 Å². The highest BCUT2D eigenvalue weighted by atomic mass is 32.2. The van der Waals surface area contributed by atoms with Crippen LogP contribution in [-0.2, 0) is 16.0 Å². The van der Waals surface area contributed by atoms with E-state index in [2.05, 4.69) is 28.9 Å². The maximum atomic E-state index is 13.2. The molecular weight excluding hydrogens is 464 g/mol. The average molecular weight is 503 g/mol. The summed E-state index contributed by atoms with van der Waals surface area (Å²) < 4.78 is 10.6. The summed E-state index contributed by atoms with van der Waals surface area (Å²) in [6, 6.07) is 7.69. The largest absolute Gasteiger partial charge is 0.492 e. The van der Waals surface area contributed by atoms with Gasteiger partial charge in [-0.1, -0.05) is 20.3 Å². The summed E-state index contributed by atoms with van der Waals surface area (Å²) in [5, 5.41) is 7.41. The summed E-state index contributed by atoms with van der Waals surface area (Å²) in [5.41, 5.74) is 2.47. The number of thioether (sulfide) groups is 1. The van der Waals surface area contributed by atoms with E-state index in [0.717, 1.165) is 41.4 Å². The highest BCUT2D eigenvalue weighted by Crippen LogP contribution is 2.37. The molecule has 35 heavy (non-hydrogen) atoms. The summed E-state index contributed by atoms with van der Waals surface area (Å²) in [7, 11) is 0. The van der Waals surface area contributed by atoms with Crippen LogP contribution in [0.3, 0.4) is 0 Å². The van der Waals surface area contributed by atoms with E-state index >= 15 is 0 Å². The summed E-state index contributed by atoms with van der Waals surface area (Å²) in [5.74, 6) is 0.457. The number of nitrogens with one attached hydrogen (secondary N) is 1.